The molecule has 1 aromatic heterocycles. The van der Waals surface area contributed by atoms with Crippen LogP contribution in [0, 0.1) is 5.82 Å². The normalized spacial score (nSPS) is 11.6. The van der Waals surface area contributed by atoms with E-state index in [1.807, 2.05) is 10.8 Å². The highest BCUT2D eigenvalue weighted by Crippen LogP contribution is 2.32. The Kier molecular flexibility index (Phi) is 6.21. The molecule has 1 unspecified atom stereocenters. The maximum atomic E-state index is 13.2. The van der Waals surface area contributed by atoms with Gasteiger partial charge in [-0.05, 0) is 63.8 Å². The topological polar surface area (TPSA) is 55.4 Å². The molecule has 1 heterocycles. The lowest BCUT2D eigenvalue weighted by atomic mass is 9.99. The highest BCUT2D eigenvalue weighted by Gasteiger charge is 2.21. The quantitative estimate of drug-likeness (QED) is 0.573. The van der Waals surface area contributed by atoms with Crippen LogP contribution in [-0.4, -0.2) is 19.0 Å². The van der Waals surface area contributed by atoms with E-state index in [0.717, 1.165) is 16.7 Å². The summed E-state index contributed by atoms with van der Waals surface area (Å²) in [4.78, 5) is 23.2. The number of hydrogen-bond donors (Lipinski definition) is 1. The molecular weight excluding hydrogens is 389 g/mol. The molecule has 138 valence electrons. The van der Waals surface area contributed by atoms with Crippen molar-refractivity contribution in [1.29, 1.82) is 0 Å². The van der Waals surface area contributed by atoms with E-state index in [1.54, 1.807) is 36.4 Å². The summed E-state index contributed by atoms with van der Waals surface area (Å²) in [5.74, 6) is -0.644. The van der Waals surface area contributed by atoms with E-state index >= 15 is 0 Å². The zero-order chi connectivity index (χ0) is 19.2. The summed E-state index contributed by atoms with van der Waals surface area (Å²) in [6.45, 7) is 0.319. The van der Waals surface area contributed by atoms with Crippen LogP contribution in [0.1, 0.15) is 22.0 Å². The van der Waals surface area contributed by atoms with Crippen LogP contribution in [-0.2, 0) is 9.53 Å². The molecule has 1 atom stereocenters. The van der Waals surface area contributed by atoms with E-state index in [2.05, 4.69) is 5.32 Å². The second-order valence-corrected chi connectivity index (χ2v) is 6.89. The third-order valence-corrected chi connectivity index (χ3v) is 4.98. The monoisotopic (exact) mass is 403 g/mol. The smallest absolute Gasteiger partial charge is 0.293 e. The zero-order valence-electron chi connectivity index (χ0n) is 14.0. The Balaban J connectivity index is 1.88. The number of ether oxygens (including phenoxy) is 1. The third kappa shape index (κ3) is 4.72. The standard InChI is InChI=1S/C20H15ClFNO3S/c21-15-5-1-14(2-6-15)20(25)23-19(9-26-12-24)18-11-27-10-17(18)13-3-7-16(22)8-4-13/h1-8,10-12,19H,9H2,(H,23,25). The fraction of sp³-hybridized carbons (Fsp3) is 0.100. The Hall–Kier alpha value is -2.70. The molecule has 0 aliphatic heterocycles. The van der Waals surface area contributed by atoms with Gasteiger partial charge in [-0.3, -0.25) is 9.59 Å². The maximum absolute atomic E-state index is 13.2. The molecule has 3 rings (SSSR count). The van der Waals surface area contributed by atoms with Gasteiger partial charge in [0.2, 0.25) is 0 Å². The molecule has 0 aliphatic rings. The number of halogens is 2. The van der Waals surface area contributed by atoms with Crippen LogP contribution in [0.3, 0.4) is 0 Å². The summed E-state index contributed by atoms with van der Waals surface area (Å²) < 4.78 is 18.1. The minimum Gasteiger partial charge on any atom is -0.465 e. The van der Waals surface area contributed by atoms with Gasteiger partial charge < -0.3 is 10.1 Å². The SMILES string of the molecule is O=COCC(NC(=O)c1ccc(Cl)cc1)c1cscc1-c1ccc(F)cc1. The summed E-state index contributed by atoms with van der Waals surface area (Å²) in [6.07, 6.45) is 0. The van der Waals surface area contributed by atoms with Gasteiger partial charge in [-0.1, -0.05) is 23.7 Å². The van der Waals surface area contributed by atoms with Crippen molar-refractivity contribution in [3.8, 4) is 11.1 Å². The zero-order valence-corrected chi connectivity index (χ0v) is 15.6. The predicted molar refractivity (Wildman–Crippen MR) is 103 cm³/mol. The minimum atomic E-state index is -0.551. The molecule has 0 spiro atoms. The first kappa shape index (κ1) is 19.1. The molecule has 4 nitrogen and oxygen atoms in total. The van der Waals surface area contributed by atoms with E-state index in [-0.39, 0.29) is 18.3 Å². The van der Waals surface area contributed by atoms with Gasteiger partial charge in [0.1, 0.15) is 12.4 Å². The van der Waals surface area contributed by atoms with Crippen molar-refractivity contribution in [2.75, 3.05) is 6.61 Å². The molecule has 0 bridgehead atoms. The molecule has 7 heteroatoms. The van der Waals surface area contributed by atoms with Gasteiger partial charge in [0.05, 0.1) is 6.04 Å². The molecule has 0 saturated carbocycles. The number of thiophene rings is 1. The minimum absolute atomic E-state index is 0.0201. The van der Waals surface area contributed by atoms with E-state index in [0.29, 0.717) is 17.1 Å². The fourth-order valence-corrected chi connectivity index (χ4v) is 3.67. The lowest BCUT2D eigenvalue weighted by molar-refractivity contribution is -0.129. The summed E-state index contributed by atoms with van der Waals surface area (Å²) in [5, 5.41) is 7.19. The molecule has 0 fully saturated rings. The largest absolute Gasteiger partial charge is 0.465 e. The van der Waals surface area contributed by atoms with Crippen molar-refractivity contribution < 1.29 is 18.7 Å². The molecule has 3 aromatic rings. The van der Waals surface area contributed by atoms with E-state index in [4.69, 9.17) is 16.3 Å². The summed E-state index contributed by atoms with van der Waals surface area (Å²) >= 11 is 7.30. The van der Waals surface area contributed by atoms with Gasteiger partial charge in [0.15, 0.2) is 0 Å². The van der Waals surface area contributed by atoms with E-state index in [1.165, 1.54) is 23.5 Å². The number of rotatable bonds is 7. The van der Waals surface area contributed by atoms with Crippen LogP contribution >= 0.6 is 22.9 Å². The Bertz CT molecular complexity index is 925. The molecule has 0 aliphatic carbocycles. The maximum Gasteiger partial charge on any atom is 0.293 e. The summed E-state index contributed by atoms with van der Waals surface area (Å²) in [6, 6.07) is 12.0. The molecule has 2 aromatic carbocycles. The number of carbonyl (C=O) groups is 2. The molecule has 1 amide bonds. The summed E-state index contributed by atoms with van der Waals surface area (Å²) in [5.41, 5.74) is 2.88. The lowest BCUT2D eigenvalue weighted by Gasteiger charge is -2.19. The van der Waals surface area contributed by atoms with Gasteiger partial charge >= 0.3 is 0 Å². The van der Waals surface area contributed by atoms with Gasteiger partial charge in [0.25, 0.3) is 12.4 Å². The Morgan fingerprint density at radius 1 is 1.15 bits per heavy atom. The van der Waals surface area contributed by atoms with Crippen molar-refractivity contribution in [2.24, 2.45) is 0 Å². The molecular formula is C20H15ClFNO3S. The first-order valence-electron chi connectivity index (χ1n) is 8.02. The molecule has 1 N–H and O–H groups in total. The van der Waals surface area contributed by atoms with Crippen molar-refractivity contribution in [1.82, 2.24) is 5.32 Å². The van der Waals surface area contributed by atoms with E-state index in [9.17, 15) is 14.0 Å². The first-order chi connectivity index (χ1) is 13.1. The number of carbonyl (C=O) groups excluding carboxylic acids is 2. The predicted octanol–water partition coefficient (Wildman–Crippen LogP) is 4.85. The van der Waals surface area contributed by atoms with Crippen molar-refractivity contribution in [2.45, 2.75) is 6.04 Å². The number of benzene rings is 2. The van der Waals surface area contributed by atoms with Crippen LogP contribution in [0.5, 0.6) is 0 Å². The van der Waals surface area contributed by atoms with Crippen LogP contribution in [0.4, 0.5) is 4.39 Å². The number of hydrogen-bond acceptors (Lipinski definition) is 4. The fourth-order valence-electron chi connectivity index (χ4n) is 2.63. The Labute approximate surface area is 164 Å². The first-order valence-corrected chi connectivity index (χ1v) is 9.34. The average Bonchev–Trinajstić information content (AvgIpc) is 3.15. The van der Waals surface area contributed by atoms with Gasteiger partial charge in [-0.15, -0.1) is 0 Å². The Morgan fingerprint density at radius 3 is 2.52 bits per heavy atom. The summed E-state index contributed by atoms with van der Waals surface area (Å²) in [7, 11) is 0. The van der Waals surface area contributed by atoms with Gasteiger partial charge in [-0.25, -0.2) is 4.39 Å². The van der Waals surface area contributed by atoms with Crippen molar-refractivity contribution in [3.05, 3.63) is 81.3 Å². The van der Waals surface area contributed by atoms with E-state index < -0.39 is 6.04 Å². The second kappa shape index (κ2) is 8.79. The molecule has 27 heavy (non-hydrogen) atoms. The second-order valence-electron chi connectivity index (χ2n) is 5.71. The van der Waals surface area contributed by atoms with Crippen LogP contribution in [0.15, 0.2) is 59.3 Å². The van der Waals surface area contributed by atoms with Gasteiger partial charge in [0, 0.05) is 10.6 Å². The molecule has 0 saturated heterocycles. The average molecular weight is 404 g/mol. The van der Waals surface area contributed by atoms with Crippen molar-refractivity contribution >= 4 is 35.3 Å². The highest BCUT2D eigenvalue weighted by molar-refractivity contribution is 7.08. The van der Waals surface area contributed by atoms with Crippen LogP contribution in [0.25, 0.3) is 11.1 Å². The highest BCUT2D eigenvalue weighted by atomic mass is 35.5. The van der Waals surface area contributed by atoms with Crippen LogP contribution in [0.2, 0.25) is 5.02 Å². The van der Waals surface area contributed by atoms with Crippen molar-refractivity contribution in [3.63, 3.8) is 0 Å². The molecule has 0 radical (unpaired) electrons. The third-order valence-electron chi connectivity index (χ3n) is 3.97. The lowest BCUT2D eigenvalue weighted by Crippen LogP contribution is -2.31. The van der Waals surface area contributed by atoms with Crippen LogP contribution < -0.4 is 5.32 Å². The van der Waals surface area contributed by atoms with Gasteiger partial charge in [-0.2, -0.15) is 11.3 Å². The number of nitrogens with one attached hydrogen (secondary N) is 1. The number of amides is 1. The Morgan fingerprint density at radius 2 is 1.85 bits per heavy atom.